The van der Waals surface area contributed by atoms with E-state index in [0.29, 0.717) is 12.0 Å². The SMILES string of the molecule is CCC(Oc1cc(F)ccc1C(C)O)C(N)=O. The van der Waals surface area contributed by atoms with Crippen LogP contribution in [-0.4, -0.2) is 17.1 Å². The van der Waals surface area contributed by atoms with Crippen molar-refractivity contribution in [2.24, 2.45) is 5.73 Å². The van der Waals surface area contributed by atoms with Gasteiger partial charge in [-0.25, -0.2) is 4.39 Å². The third-order valence-electron chi connectivity index (χ3n) is 2.38. The summed E-state index contributed by atoms with van der Waals surface area (Å²) in [6.45, 7) is 3.27. The Bertz CT molecular complexity index is 407. The molecule has 1 aromatic rings. The lowest BCUT2D eigenvalue weighted by molar-refractivity contribution is -0.124. The molecular formula is C12H16FNO3. The zero-order valence-electron chi connectivity index (χ0n) is 9.81. The third kappa shape index (κ3) is 3.42. The van der Waals surface area contributed by atoms with E-state index in [0.717, 1.165) is 6.07 Å². The van der Waals surface area contributed by atoms with Crippen LogP contribution >= 0.6 is 0 Å². The van der Waals surface area contributed by atoms with Crippen molar-refractivity contribution in [2.75, 3.05) is 0 Å². The van der Waals surface area contributed by atoms with Gasteiger partial charge in [-0.15, -0.1) is 0 Å². The maximum Gasteiger partial charge on any atom is 0.258 e. The van der Waals surface area contributed by atoms with Gasteiger partial charge in [0, 0.05) is 11.6 Å². The molecule has 5 heteroatoms. The number of primary amides is 1. The zero-order valence-corrected chi connectivity index (χ0v) is 9.81. The van der Waals surface area contributed by atoms with Crippen LogP contribution < -0.4 is 10.5 Å². The molecule has 4 nitrogen and oxygen atoms in total. The Morgan fingerprint density at radius 1 is 1.59 bits per heavy atom. The van der Waals surface area contributed by atoms with Gasteiger partial charge in [0.05, 0.1) is 6.10 Å². The van der Waals surface area contributed by atoms with Crippen LogP contribution in [0.15, 0.2) is 18.2 Å². The van der Waals surface area contributed by atoms with Crippen LogP contribution in [0.25, 0.3) is 0 Å². The molecule has 17 heavy (non-hydrogen) atoms. The number of rotatable bonds is 5. The Labute approximate surface area is 99.2 Å². The van der Waals surface area contributed by atoms with Crippen molar-refractivity contribution in [3.63, 3.8) is 0 Å². The summed E-state index contributed by atoms with van der Waals surface area (Å²) in [5.41, 5.74) is 5.56. The van der Waals surface area contributed by atoms with Crippen LogP contribution in [0.3, 0.4) is 0 Å². The van der Waals surface area contributed by atoms with E-state index < -0.39 is 23.9 Å². The molecular weight excluding hydrogens is 225 g/mol. The van der Waals surface area contributed by atoms with Gasteiger partial charge in [-0.2, -0.15) is 0 Å². The molecule has 1 amide bonds. The molecule has 94 valence electrons. The van der Waals surface area contributed by atoms with Gasteiger partial charge in [-0.05, 0) is 25.5 Å². The van der Waals surface area contributed by atoms with Crippen LogP contribution in [0.5, 0.6) is 5.75 Å². The summed E-state index contributed by atoms with van der Waals surface area (Å²) >= 11 is 0. The fourth-order valence-electron chi connectivity index (χ4n) is 1.45. The van der Waals surface area contributed by atoms with Gasteiger partial charge in [0.25, 0.3) is 5.91 Å². The first-order valence-corrected chi connectivity index (χ1v) is 5.39. The van der Waals surface area contributed by atoms with Crippen LogP contribution in [0, 0.1) is 5.82 Å². The highest BCUT2D eigenvalue weighted by Crippen LogP contribution is 2.27. The molecule has 2 unspecified atom stereocenters. The Balaban J connectivity index is 3.02. The van der Waals surface area contributed by atoms with Crippen LogP contribution in [0.4, 0.5) is 4.39 Å². The van der Waals surface area contributed by atoms with E-state index in [1.54, 1.807) is 6.92 Å². The summed E-state index contributed by atoms with van der Waals surface area (Å²) in [4.78, 5) is 11.0. The normalized spacial score (nSPS) is 14.1. The van der Waals surface area contributed by atoms with Gasteiger partial charge in [0.15, 0.2) is 6.10 Å². The lowest BCUT2D eigenvalue weighted by Crippen LogP contribution is -2.33. The number of carbonyl (C=O) groups excluding carboxylic acids is 1. The van der Waals surface area contributed by atoms with Crippen molar-refractivity contribution in [3.8, 4) is 5.75 Å². The molecule has 0 spiro atoms. The quantitative estimate of drug-likeness (QED) is 0.821. The van der Waals surface area contributed by atoms with Crippen molar-refractivity contribution in [1.82, 2.24) is 0 Å². The number of aliphatic hydroxyl groups is 1. The van der Waals surface area contributed by atoms with Crippen molar-refractivity contribution in [2.45, 2.75) is 32.5 Å². The zero-order chi connectivity index (χ0) is 13.0. The third-order valence-corrected chi connectivity index (χ3v) is 2.38. The molecule has 0 saturated heterocycles. The van der Waals surface area contributed by atoms with E-state index in [2.05, 4.69) is 0 Å². The summed E-state index contributed by atoms with van der Waals surface area (Å²) in [6.07, 6.45) is -1.25. The van der Waals surface area contributed by atoms with Crippen molar-refractivity contribution in [1.29, 1.82) is 0 Å². The number of nitrogens with two attached hydrogens (primary N) is 1. The monoisotopic (exact) mass is 241 g/mol. The minimum absolute atomic E-state index is 0.144. The first kappa shape index (κ1) is 13.4. The van der Waals surface area contributed by atoms with E-state index >= 15 is 0 Å². The second-order valence-corrected chi connectivity index (χ2v) is 3.78. The Hall–Kier alpha value is -1.62. The molecule has 0 fully saturated rings. The van der Waals surface area contributed by atoms with Crippen LogP contribution in [0.2, 0.25) is 0 Å². The molecule has 0 aliphatic carbocycles. The maximum atomic E-state index is 13.1. The Kier molecular flexibility index (Phi) is 4.45. The van der Waals surface area contributed by atoms with Gasteiger partial charge in [-0.1, -0.05) is 6.92 Å². The molecule has 0 aliphatic heterocycles. The average Bonchev–Trinajstić information content (AvgIpc) is 2.25. The summed E-state index contributed by atoms with van der Waals surface area (Å²) in [7, 11) is 0. The summed E-state index contributed by atoms with van der Waals surface area (Å²) in [6, 6.07) is 3.77. The number of ether oxygens (including phenoxy) is 1. The highest BCUT2D eigenvalue weighted by Gasteiger charge is 2.18. The highest BCUT2D eigenvalue weighted by molar-refractivity contribution is 5.79. The number of hydrogen-bond acceptors (Lipinski definition) is 3. The van der Waals surface area contributed by atoms with E-state index in [1.165, 1.54) is 19.1 Å². The molecule has 0 radical (unpaired) electrons. The van der Waals surface area contributed by atoms with Gasteiger partial charge in [0.2, 0.25) is 0 Å². The van der Waals surface area contributed by atoms with Crippen LogP contribution in [-0.2, 0) is 4.79 Å². The van der Waals surface area contributed by atoms with E-state index in [1.807, 2.05) is 0 Å². The summed E-state index contributed by atoms with van der Waals surface area (Å²) < 4.78 is 18.4. The predicted octanol–water partition coefficient (Wildman–Crippen LogP) is 1.52. The minimum Gasteiger partial charge on any atom is -0.480 e. The Morgan fingerprint density at radius 3 is 2.71 bits per heavy atom. The largest absolute Gasteiger partial charge is 0.480 e. The fraction of sp³-hybridized carbons (Fsp3) is 0.417. The molecule has 1 aromatic carbocycles. The predicted molar refractivity (Wildman–Crippen MR) is 60.9 cm³/mol. The standard InChI is InChI=1S/C12H16FNO3/c1-3-10(12(14)16)17-11-6-8(13)4-5-9(11)7(2)15/h4-7,10,15H,3H2,1-2H3,(H2,14,16). The molecule has 0 aromatic heterocycles. The number of benzene rings is 1. The first-order valence-electron chi connectivity index (χ1n) is 5.39. The second kappa shape index (κ2) is 5.63. The molecule has 3 N–H and O–H groups in total. The van der Waals surface area contributed by atoms with Crippen molar-refractivity contribution in [3.05, 3.63) is 29.6 Å². The second-order valence-electron chi connectivity index (χ2n) is 3.78. The lowest BCUT2D eigenvalue weighted by Gasteiger charge is -2.18. The van der Waals surface area contributed by atoms with Gasteiger partial charge in [-0.3, -0.25) is 4.79 Å². The Morgan fingerprint density at radius 2 is 2.24 bits per heavy atom. The number of amides is 1. The molecule has 0 saturated carbocycles. The molecule has 0 aliphatic rings. The molecule has 1 rings (SSSR count). The van der Waals surface area contributed by atoms with Gasteiger partial charge < -0.3 is 15.6 Å². The topological polar surface area (TPSA) is 72.6 Å². The number of aliphatic hydroxyl groups excluding tert-OH is 1. The summed E-state index contributed by atoms with van der Waals surface area (Å²) in [5, 5.41) is 9.50. The number of halogens is 1. The lowest BCUT2D eigenvalue weighted by atomic mass is 10.1. The van der Waals surface area contributed by atoms with Gasteiger partial charge >= 0.3 is 0 Å². The average molecular weight is 241 g/mol. The van der Waals surface area contributed by atoms with Crippen molar-refractivity contribution < 1.29 is 19.0 Å². The number of carbonyl (C=O) groups is 1. The molecule has 0 bridgehead atoms. The fourth-order valence-corrected chi connectivity index (χ4v) is 1.45. The van der Waals surface area contributed by atoms with Crippen molar-refractivity contribution >= 4 is 5.91 Å². The van der Waals surface area contributed by atoms with E-state index in [9.17, 15) is 14.3 Å². The highest BCUT2D eigenvalue weighted by atomic mass is 19.1. The smallest absolute Gasteiger partial charge is 0.258 e. The first-order chi connectivity index (χ1) is 7.95. The molecule has 2 atom stereocenters. The molecule has 0 heterocycles. The van der Waals surface area contributed by atoms with Crippen LogP contribution in [0.1, 0.15) is 31.9 Å². The minimum atomic E-state index is -0.825. The maximum absolute atomic E-state index is 13.1. The van der Waals surface area contributed by atoms with E-state index in [-0.39, 0.29) is 5.75 Å². The number of hydrogen-bond donors (Lipinski definition) is 2. The van der Waals surface area contributed by atoms with E-state index in [4.69, 9.17) is 10.5 Å². The summed E-state index contributed by atoms with van der Waals surface area (Å²) in [5.74, 6) is -0.970. The van der Waals surface area contributed by atoms with Gasteiger partial charge in [0.1, 0.15) is 11.6 Å².